The number of amides is 1. The van der Waals surface area contributed by atoms with Crippen molar-refractivity contribution in [1.82, 2.24) is 40.1 Å². The van der Waals surface area contributed by atoms with E-state index in [9.17, 15) is 9.59 Å². The fourth-order valence-corrected chi connectivity index (χ4v) is 5.03. The SMILES string of the molecule is CNC(=O)c1ccc(-c2nc([C@@H]3CCc4cc(-c5cc(Cl)ccc5-n5cnnn5)cc(=O)n43)[nH]c2Cl)o1.O=CO. The molecule has 1 aliphatic rings. The minimum Gasteiger partial charge on any atom is -0.483 e. The van der Waals surface area contributed by atoms with E-state index in [1.54, 1.807) is 41.0 Å². The van der Waals surface area contributed by atoms with E-state index >= 15 is 0 Å². The minimum atomic E-state index is -0.354. The molecule has 4 aromatic heterocycles. The first-order valence-corrected chi connectivity index (χ1v) is 12.5. The van der Waals surface area contributed by atoms with E-state index in [0.29, 0.717) is 46.4 Å². The van der Waals surface area contributed by atoms with Gasteiger partial charge in [-0.25, -0.2) is 4.98 Å². The van der Waals surface area contributed by atoms with E-state index in [1.807, 2.05) is 6.07 Å². The van der Waals surface area contributed by atoms with Gasteiger partial charge in [-0.1, -0.05) is 23.2 Å². The molecule has 40 heavy (non-hydrogen) atoms. The summed E-state index contributed by atoms with van der Waals surface area (Å²) >= 11 is 12.7. The molecular weight excluding hydrogens is 563 g/mol. The number of imidazole rings is 1. The maximum Gasteiger partial charge on any atom is 0.290 e. The highest BCUT2D eigenvalue weighted by Gasteiger charge is 2.29. The Hall–Kier alpha value is -4.75. The van der Waals surface area contributed by atoms with Gasteiger partial charge in [-0.15, -0.1) is 5.10 Å². The molecule has 1 atom stereocenters. The van der Waals surface area contributed by atoms with E-state index in [2.05, 4.69) is 30.8 Å². The summed E-state index contributed by atoms with van der Waals surface area (Å²) in [7, 11) is 1.52. The molecule has 0 fully saturated rings. The second-order valence-electron chi connectivity index (χ2n) is 8.55. The van der Waals surface area contributed by atoms with Gasteiger partial charge in [-0.2, -0.15) is 4.68 Å². The number of carboxylic acid groups (broad SMARTS) is 1. The number of hydrogen-bond acceptors (Lipinski definition) is 8. The van der Waals surface area contributed by atoms with Crippen molar-refractivity contribution in [3.05, 3.63) is 86.6 Å². The van der Waals surface area contributed by atoms with E-state index < -0.39 is 0 Å². The maximum atomic E-state index is 13.4. The number of pyridine rings is 1. The number of nitrogens with zero attached hydrogens (tertiary/aromatic N) is 6. The number of fused-ring (bicyclic) bond motifs is 1. The molecular formula is C25H20Cl2N8O5. The van der Waals surface area contributed by atoms with Crippen LogP contribution in [0.4, 0.5) is 0 Å². The summed E-state index contributed by atoms with van der Waals surface area (Å²) < 4.78 is 8.85. The van der Waals surface area contributed by atoms with Crippen molar-refractivity contribution in [2.75, 3.05) is 7.05 Å². The molecule has 6 rings (SSSR count). The van der Waals surface area contributed by atoms with Gasteiger partial charge in [-0.05, 0) is 65.2 Å². The Balaban J connectivity index is 0.00000103. The average Bonchev–Trinajstić information content (AvgIpc) is 3.75. The lowest BCUT2D eigenvalue weighted by atomic mass is 10.0. The van der Waals surface area contributed by atoms with Crippen LogP contribution in [-0.2, 0) is 11.2 Å². The monoisotopic (exact) mass is 582 g/mol. The predicted octanol–water partition coefficient (Wildman–Crippen LogP) is 3.38. The number of aromatic amines is 1. The van der Waals surface area contributed by atoms with Gasteiger partial charge in [-0.3, -0.25) is 14.4 Å². The van der Waals surface area contributed by atoms with Gasteiger partial charge >= 0.3 is 0 Å². The van der Waals surface area contributed by atoms with Gasteiger partial charge in [0.15, 0.2) is 11.5 Å². The first-order valence-electron chi connectivity index (χ1n) is 11.8. The molecule has 15 heteroatoms. The quantitative estimate of drug-likeness (QED) is 0.262. The molecule has 204 valence electrons. The summed E-state index contributed by atoms with van der Waals surface area (Å²) in [6.07, 6.45) is 2.79. The number of hydrogen-bond donors (Lipinski definition) is 3. The van der Waals surface area contributed by atoms with Crippen LogP contribution in [0.25, 0.3) is 28.3 Å². The highest BCUT2D eigenvalue weighted by Crippen LogP contribution is 2.36. The van der Waals surface area contributed by atoms with E-state index in [4.69, 9.17) is 37.5 Å². The molecule has 0 saturated carbocycles. The number of rotatable bonds is 5. The van der Waals surface area contributed by atoms with Crippen molar-refractivity contribution in [3.8, 4) is 28.3 Å². The normalized spacial score (nSPS) is 13.8. The van der Waals surface area contributed by atoms with Crippen LogP contribution in [-0.4, -0.2) is 59.3 Å². The Morgan fingerprint density at radius 2 is 2.02 bits per heavy atom. The maximum absolute atomic E-state index is 13.4. The van der Waals surface area contributed by atoms with Crippen LogP contribution in [0, 0.1) is 0 Å². The highest BCUT2D eigenvalue weighted by molar-refractivity contribution is 6.32. The van der Waals surface area contributed by atoms with Crippen LogP contribution in [0.15, 0.2) is 58.0 Å². The van der Waals surface area contributed by atoms with E-state index in [1.165, 1.54) is 18.1 Å². The molecule has 1 aliphatic heterocycles. The minimum absolute atomic E-state index is 0.148. The molecule has 1 amide bonds. The van der Waals surface area contributed by atoms with Gasteiger partial charge in [0.05, 0.1) is 11.7 Å². The molecule has 0 unspecified atom stereocenters. The number of benzene rings is 1. The number of carbonyl (C=O) groups is 2. The first kappa shape index (κ1) is 26.8. The third kappa shape index (κ3) is 4.99. The van der Waals surface area contributed by atoms with Crippen molar-refractivity contribution in [2.24, 2.45) is 0 Å². The third-order valence-corrected chi connectivity index (χ3v) is 6.79. The summed E-state index contributed by atoms with van der Waals surface area (Å²) in [5, 5.41) is 21.6. The topological polar surface area (TPSA) is 174 Å². The standard InChI is InChI=1S/C24H18Cl2N8O3.CH2O2/c1-27-24(36)19-7-6-18(37-19)21-22(26)30-23(29-21)17-5-3-14-8-12(9-20(35)34(14)17)15-10-13(25)2-4-16(15)33-11-28-31-32-33;2-1-3/h2,4,6-11,17H,3,5H2,1H3,(H,27,36)(H,29,30);1H,(H,2,3)/t17-;/m0./s1. The van der Waals surface area contributed by atoms with Crippen molar-refractivity contribution >= 4 is 35.6 Å². The molecule has 3 N–H and O–H groups in total. The molecule has 1 aromatic carbocycles. The molecule has 5 aromatic rings. The lowest BCUT2D eigenvalue weighted by molar-refractivity contribution is -0.122. The molecule has 5 heterocycles. The molecule has 0 aliphatic carbocycles. The van der Waals surface area contributed by atoms with Crippen molar-refractivity contribution in [1.29, 1.82) is 0 Å². The van der Waals surface area contributed by atoms with Crippen LogP contribution in [0.3, 0.4) is 0 Å². The number of H-pyrrole nitrogens is 1. The van der Waals surface area contributed by atoms with Gasteiger partial charge in [0.2, 0.25) is 0 Å². The first-order chi connectivity index (χ1) is 19.3. The molecule has 0 saturated heterocycles. The molecule has 0 bridgehead atoms. The van der Waals surface area contributed by atoms with Gasteiger partial charge in [0.1, 0.15) is 23.0 Å². The molecule has 0 spiro atoms. The molecule has 13 nitrogen and oxygen atoms in total. The Labute approximate surface area is 235 Å². The number of aryl methyl sites for hydroxylation is 1. The largest absolute Gasteiger partial charge is 0.483 e. The zero-order valence-electron chi connectivity index (χ0n) is 20.7. The highest BCUT2D eigenvalue weighted by atomic mass is 35.5. The second-order valence-corrected chi connectivity index (χ2v) is 9.36. The smallest absolute Gasteiger partial charge is 0.290 e. The Bertz CT molecular complexity index is 1760. The summed E-state index contributed by atoms with van der Waals surface area (Å²) in [6, 6.07) is 11.7. The number of carbonyl (C=O) groups excluding carboxylic acids is 1. The number of tetrazole rings is 1. The number of furan rings is 1. The summed E-state index contributed by atoms with van der Waals surface area (Å²) in [5.74, 6) is 0.676. The van der Waals surface area contributed by atoms with Crippen molar-refractivity contribution < 1.29 is 19.1 Å². The number of nitrogens with one attached hydrogen (secondary N) is 2. The second kappa shape index (κ2) is 11.2. The van der Waals surface area contributed by atoms with Crippen LogP contribution >= 0.6 is 23.2 Å². The van der Waals surface area contributed by atoms with Crippen LogP contribution in [0.5, 0.6) is 0 Å². The Kier molecular flexibility index (Phi) is 7.49. The van der Waals surface area contributed by atoms with Gasteiger partial charge < -0.3 is 24.4 Å². The van der Waals surface area contributed by atoms with Gasteiger partial charge in [0.25, 0.3) is 17.9 Å². The summed E-state index contributed by atoms with van der Waals surface area (Å²) in [6.45, 7) is -0.250. The Morgan fingerprint density at radius 3 is 2.75 bits per heavy atom. The molecule has 0 radical (unpaired) electrons. The fourth-order valence-electron chi connectivity index (χ4n) is 4.62. The lowest BCUT2D eigenvalue weighted by Crippen LogP contribution is -2.24. The van der Waals surface area contributed by atoms with E-state index in [-0.39, 0.29) is 34.9 Å². The predicted molar refractivity (Wildman–Crippen MR) is 144 cm³/mol. The number of halogens is 2. The van der Waals surface area contributed by atoms with Gasteiger partial charge in [0, 0.05) is 29.4 Å². The fraction of sp³-hybridized carbons (Fsp3) is 0.160. The van der Waals surface area contributed by atoms with Crippen LogP contribution in [0.2, 0.25) is 10.2 Å². The van der Waals surface area contributed by atoms with Crippen molar-refractivity contribution in [3.63, 3.8) is 0 Å². The zero-order chi connectivity index (χ0) is 28.4. The van der Waals surface area contributed by atoms with E-state index in [0.717, 1.165) is 11.3 Å². The lowest BCUT2D eigenvalue weighted by Gasteiger charge is -2.14. The third-order valence-electron chi connectivity index (χ3n) is 6.28. The Morgan fingerprint density at radius 1 is 1.23 bits per heavy atom. The summed E-state index contributed by atoms with van der Waals surface area (Å²) in [5.41, 5.74) is 3.17. The van der Waals surface area contributed by atoms with Crippen LogP contribution < -0.4 is 10.9 Å². The zero-order valence-corrected chi connectivity index (χ0v) is 22.2. The van der Waals surface area contributed by atoms with Crippen LogP contribution in [0.1, 0.15) is 34.5 Å². The number of aromatic nitrogens is 7. The van der Waals surface area contributed by atoms with Crippen molar-refractivity contribution in [2.45, 2.75) is 18.9 Å². The summed E-state index contributed by atoms with van der Waals surface area (Å²) in [4.78, 5) is 41.3. The average molecular weight is 583 g/mol.